The average molecular weight is 463 g/mol. The van der Waals surface area contributed by atoms with E-state index < -0.39 is 6.10 Å². The molecular formula is C24H28ClFN2O4. The number of benzene rings is 2. The highest BCUT2D eigenvalue weighted by molar-refractivity contribution is 6.31. The van der Waals surface area contributed by atoms with Crippen LogP contribution < -0.4 is 0 Å². The third kappa shape index (κ3) is 7.29. The predicted molar refractivity (Wildman–Crippen MR) is 121 cm³/mol. The molecular weight excluding hydrogens is 435 g/mol. The molecule has 8 heteroatoms. The van der Waals surface area contributed by atoms with Gasteiger partial charge in [-0.3, -0.25) is 9.69 Å². The fourth-order valence-corrected chi connectivity index (χ4v) is 3.71. The molecule has 0 aromatic heterocycles. The molecule has 2 unspecified atom stereocenters. The second-order valence-electron chi connectivity index (χ2n) is 7.85. The topological polar surface area (TPSA) is 71.4 Å². The fraction of sp³-hybridized carbons (Fsp3) is 0.417. The number of aliphatic hydroxyl groups excluding tert-OH is 1. The van der Waals surface area contributed by atoms with E-state index in [4.69, 9.17) is 21.2 Å². The van der Waals surface area contributed by atoms with E-state index in [1.165, 1.54) is 12.1 Å². The van der Waals surface area contributed by atoms with Gasteiger partial charge in [0.1, 0.15) is 24.6 Å². The first-order valence-electron chi connectivity index (χ1n) is 10.7. The van der Waals surface area contributed by atoms with Crippen molar-refractivity contribution in [3.63, 3.8) is 0 Å². The van der Waals surface area contributed by atoms with E-state index in [1.807, 2.05) is 36.1 Å². The molecule has 1 aliphatic heterocycles. The number of carbonyl (C=O) groups is 1. The summed E-state index contributed by atoms with van der Waals surface area (Å²) in [6.45, 7) is 3.08. The van der Waals surface area contributed by atoms with Crippen LogP contribution in [0.4, 0.5) is 4.39 Å². The van der Waals surface area contributed by atoms with Crippen LogP contribution in [0.5, 0.6) is 0 Å². The molecule has 0 bridgehead atoms. The van der Waals surface area contributed by atoms with Gasteiger partial charge in [-0.15, -0.1) is 0 Å². The van der Waals surface area contributed by atoms with Gasteiger partial charge in [0.25, 0.3) is 0 Å². The SMILES string of the molecule is CCCC(=O)OCC(O)CN(Cc1ccccc1Cl)CC1CC(c2ccc(F)cc2)=NO1. The van der Waals surface area contributed by atoms with Crippen molar-refractivity contribution in [2.45, 2.75) is 44.9 Å². The van der Waals surface area contributed by atoms with Crippen LogP contribution in [0.3, 0.4) is 0 Å². The molecule has 2 aromatic carbocycles. The minimum Gasteiger partial charge on any atom is -0.463 e. The lowest BCUT2D eigenvalue weighted by Crippen LogP contribution is -2.39. The van der Waals surface area contributed by atoms with Crippen LogP contribution in [0.1, 0.15) is 37.3 Å². The maximum Gasteiger partial charge on any atom is 0.305 e. The van der Waals surface area contributed by atoms with Crippen molar-refractivity contribution in [2.24, 2.45) is 5.16 Å². The summed E-state index contributed by atoms with van der Waals surface area (Å²) < 4.78 is 18.3. The smallest absolute Gasteiger partial charge is 0.305 e. The molecule has 0 radical (unpaired) electrons. The number of ether oxygens (including phenoxy) is 1. The Balaban J connectivity index is 1.61. The minimum absolute atomic E-state index is 0.0687. The van der Waals surface area contributed by atoms with E-state index in [9.17, 15) is 14.3 Å². The van der Waals surface area contributed by atoms with Crippen molar-refractivity contribution < 1.29 is 23.9 Å². The zero-order valence-corrected chi connectivity index (χ0v) is 18.8. The van der Waals surface area contributed by atoms with Crippen LogP contribution in [0.2, 0.25) is 5.02 Å². The van der Waals surface area contributed by atoms with Gasteiger partial charge in [-0.05, 0) is 35.7 Å². The van der Waals surface area contributed by atoms with Crippen molar-refractivity contribution in [2.75, 3.05) is 19.7 Å². The molecule has 3 rings (SSSR count). The van der Waals surface area contributed by atoms with Gasteiger partial charge in [-0.25, -0.2) is 4.39 Å². The highest BCUT2D eigenvalue weighted by atomic mass is 35.5. The van der Waals surface area contributed by atoms with Gasteiger partial charge in [-0.2, -0.15) is 0 Å². The van der Waals surface area contributed by atoms with E-state index in [0.717, 1.165) is 16.8 Å². The molecule has 0 saturated carbocycles. The Bertz CT molecular complexity index is 922. The summed E-state index contributed by atoms with van der Waals surface area (Å²) in [4.78, 5) is 19.2. The zero-order chi connectivity index (χ0) is 22.9. The Morgan fingerprint density at radius 3 is 2.78 bits per heavy atom. The lowest BCUT2D eigenvalue weighted by molar-refractivity contribution is -0.147. The highest BCUT2D eigenvalue weighted by Crippen LogP contribution is 2.21. The van der Waals surface area contributed by atoms with E-state index in [-0.39, 0.29) is 31.0 Å². The Hall–Kier alpha value is -2.48. The van der Waals surface area contributed by atoms with Crippen LogP contribution in [0, 0.1) is 5.82 Å². The van der Waals surface area contributed by atoms with Crippen LogP contribution in [-0.4, -0.2) is 53.6 Å². The first-order valence-corrected chi connectivity index (χ1v) is 11.1. The van der Waals surface area contributed by atoms with E-state index in [0.29, 0.717) is 37.4 Å². The molecule has 0 spiro atoms. The zero-order valence-electron chi connectivity index (χ0n) is 18.0. The number of hydrogen-bond donors (Lipinski definition) is 1. The second-order valence-corrected chi connectivity index (χ2v) is 8.26. The van der Waals surface area contributed by atoms with Gasteiger partial charge < -0.3 is 14.7 Å². The molecule has 0 saturated heterocycles. The van der Waals surface area contributed by atoms with Crippen LogP contribution in [0.15, 0.2) is 53.7 Å². The lowest BCUT2D eigenvalue weighted by atomic mass is 10.0. The van der Waals surface area contributed by atoms with Gasteiger partial charge in [-0.1, -0.05) is 54.0 Å². The molecule has 0 amide bonds. The van der Waals surface area contributed by atoms with Gasteiger partial charge in [0.05, 0.1) is 5.71 Å². The Morgan fingerprint density at radius 1 is 1.31 bits per heavy atom. The van der Waals surface area contributed by atoms with Crippen molar-refractivity contribution in [1.82, 2.24) is 4.90 Å². The Morgan fingerprint density at radius 2 is 2.06 bits per heavy atom. The van der Waals surface area contributed by atoms with Gasteiger partial charge in [0, 0.05) is 37.5 Å². The molecule has 1 aliphatic rings. The van der Waals surface area contributed by atoms with Crippen LogP contribution in [-0.2, 0) is 20.9 Å². The molecule has 2 aromatic rings. The van der Waals surface area contributed by atoms with Crippen molar-refractivity contribution in [3.8, 4) is 0 Å². The summed E-state index contributed by atoms with van der Waals surface area (Å²) in [7, 11) is 0. The number of halogens is 2. The molecule has 1 heterocycles. The van der Waals surface area contributed by atoms with Gasteiger partial charge in [0.2, 0.25) is 0 Å². The summed E-state index contributed by atoms with van der Waals surface area (Å²) >= 11 is 6.33. The Kier molecular flexibility index (Phi) is 9.02. The van der Waals surface area contributed by atoms with E-state index in [2.05, 4.69) is 5.16 Å². The number of aliphatic hydroxyl groups is 1. The van der Waals surface area contributed by atoms with Crippen LogP contribution in [0.25, 0.3) is 0 Å². The predicted octanol–water partition coefficient (Wildman–Crippen LogP) is 4.18. The lowest BCUT2D eigenvalue weighted by Gasteiger charge is -2.27. The first-order chi connectivity index (χ1) is 15.4. The number of nitrogens with zero attached hydrogens (tertiary/aromatic N) is 2. The minimum atomic E-state index is -0.850. The fourth-order valence-electron chi connectivity index (χ4n) is 3.51. The number of rotatable bonds is 11. The average Bonchev–Trinajstić information content (AvgIpc) is 3.23. The standard InChI is InChI=1S/C24H28ClFN2O4/c1-2-5-24(30)31-16-20(29)14-28(13-18-6-3-4-7-22(18)25)15-21-12-23(27-32-21)17-8-10-19(26)11-9-17/h3-4,6-11,20-21,29H,2,5,12-16H2,1H3. The molecule has 32 heavy (non-hydrogen) atoms. The normalized spacial score (nSPS) is 16.5. The maximum atomic E-state index is 13.2. The Labute approximate surface area is 192 Å². The van der Waals surface area contributed by atoms with Crippen molar-refractivity contribution in [3.05, 3.63) is 70.5 Å². The molecule has 1 N–H and O–H groups in total. The quantitative estimate of drug-likeness (QED) is 0.507. The van der Waals surface area contributed by atoms with Gasteiger partial charge >= 0.3 is 5.97 Å². The maximum absolute atomic E-state index is 13.2. The number of esters is 1. The van der Waals surface area contributed by atoms with Gasteiger partial charge in [0.15, 0.2) is 0 Å². The molecule has 172 valence electrons. The second kappa shape index (κ2) is 11.9. The number of oxime groups is 1. The summed E-state index contributed by atoms with van der Waals surface area (Å²) in [6.07, 6.45) is 0.509. The highest BCUT2D eigenvalue weighted by Gasteiger charge is 2.26. The molecule has 2 atom stereocenters. The third-order valence-corrected chi connectivity index (χ3v) is 5.45. The van der Waals surface area contributed by atoms with E-state index >= 15 is 0 Å². The third-order valence-electron chi connectivity index (χ3n) is 5.08. The molecule has 6 nitrogen and oxygen atoms in total. The molecule has 0 aliphatic carbocycles. The number of hydrogen-bond acceptors (Lipinski definition) is 6. The summed E-state index contributed by atoms with van der Waals surface area (Å²) in [5.74, 6) is -0.620. The summed E-state index contributed by atoms with van der Waals surface area (Å²) in [5, 5.41) is 15.3. The first kappa shape index (κ1) is 24.2. The molecule has 0 fully saturated rings. The monoisotopic (exact) mass is 462 g/mol. The summed E-state index contributed by atoms with van der Waals surface area (Å²) in [5.41, 5.74) is 2.48. The van der Waals surface area contributed by atoms with E-state index in [1.54, 1.807) is 12.1 Å². The summed E-state index contributed by atoms with van der Waals surface area (Å²) in [6, 6.07) is 13.7. The number of carbonyl (C=O) groups excluding carboxylic acids is 1. The van der Waals surface area contributed by atoms with Crippen molar-refractivity contribution in [1.29, 1.82) is 0 Å². The van der Waals surface area contributed by atoms with Crippen molar-refractivity contribution >= 4 is 23.3 Å². The van der Waals surface area contributed by atoms with Crippen LogP contribution >= 0.6 is 11.6 Å². The largest absolute Gasteiger partial charge is 0.463 e.